The first-order valence-corrected chi connectivity index (χ1v) is 9.46. The topological polar surface area (TPSA) is 33.2 Å². The minimum atomic E-state index is -0.554. The van der Waals surface area contributed by atoms with Gasteiger partial charge in [0.15, 0.2) is 0 Å². The molecule has 134 valence electrons. The van der Waals surface area contributed by atoms with Crippen molar-refractivity contribution >= 4 is 27.5 Å². The Kier molecular flexibility index (Phi) is 4.97. The number of fused-ring (bicyclic) bond motifs is 1. The van der Waals surface area contributed by atoms with Crippen molar-refractivity contribution in [3.05, 3.63) is 77.3 Å². The monoisotopic (exact) mass is 364 g/mol. The molecule has 1 amide bonds. The first-order valence-electron chi connectivity index (χ1n) is 8.64. The molecule has 4 heteroatoms. The van der Waals surface area contributed by atoms with Gasteiger partial charge < -0.3 is 4.90 Å². The Morgan fingerprint density at radius 1 is 1.23 bits per heavy atom. The number of thiazole rings is 1. The molecule has 0 aliphatic heterocycles. The molecule has 3 rings (SSSR count). The summed E-state index contributed by atoms with van der Waals surface area (Å²) < 4.78 is 1.09. The molecule has 1 aromatic heterocycles. The van der Waals surface area contributed by atoms with Crippen LogP contribution in [0.15, 0.2) is 61.2 Å². The Hall–Kier alpha value is -2.46. The van der Waals surface area contributed by atoms with E-state index in [9.17, 15) is 4.79 Å². The number of likely N-dealkylation sites (N-methyl/N-ethyl adjacent to an activating group) is 1. The van der Waals surface area contributed by atoms with Crippen molar-refractivity contribution in [2.75, 3.05) is 14.1 Å². The van der Waals surface area contributed by atoms with Crippen molar-refractivity contribution in [3.8, 4) is 0 Å². The number of aryl methyl sites for hydroxylation is 1. The molecule has 0 fully saturated rings. The Balaban J connectivity index is 2.22. The molecule has 0 unspecified atom stereocenters. The Morgan fingerprint density at radius 3 is 2.58 bits per heavy atom. The van der Waals surface area contributed by atoms with Crippen LogP contribution >= 0.6 is 11.3 Å². The molecule has 0 aliphatic carbocycles. The van der Waals surface area contributed by atoms with Gasteiger partial charge in [0.2, 0.25) is 5.91 Å². The molecule has 0 radical (unpaired) electrons. The Bertz CT molecular complexity index is 926. The summed E-state index contributed by atoms with van der Waals surface area (Å²) in [6.07, 6.45) is 1.89. The van der Waals surface area contributed by atoms with E-state index in [0.717, 1.165) is 26.4 Å². The molecule has 0 aliphatic rings. The van der Waals surface area contributed by atoms with Crippen LogP contribution in [-0.2, 0) is 10.2 Å². The molecule has 0 spiro atoms. The zero-order valence-corrected chi connectivity index (χ0v) is 16.5. The van der Waals surface area contributed by atoms with Gasteiger partial charge in [0.05, 0.1) is 10.2 Å². The molecular weight excluding hydrogens is 340 g/mol. The first-order chi connectivity index (χ1) is 12.4. The fourth-order valence-electron chi connectivity index (χ4n) is 3.27. The van der Waals surface area contributed by atoms with Crippen LogP contribution in [0.2, 0.25) is 0 Å². The summed E-state index contributed by atoms with van der Waals surface area (Å²) in [4.78, 5) is 19.7. The van der Waals surface area contributed by atoms with E-state index in [2.05, 4.69) is 38.6 Å². The highest BCUT2D eigenvalue weighted by atomic mass is 32.1. The van der Waals surface area contributed by atoms with Gasteiger partial charge in [0.25, 0.3) is 0 Å². The molecule has 1 heterocycles. The zero-order valence-electron chi connectivity index (χ0n) is 15.7. The number of carbonyl (C=O) groups excluding carboxylic acids is 1. The Morgan fingerprint density at radius 2 is 1.96 bits per heavy atom. The normalized spacial score (nSPS) is 14.6. The molecule has 2 atom stereocenters. The maximum absolute atomic E-state index is 13.2. The Labute approximate surface area is 159 Å². The predicted molar refractivity (Wildman–Crippen MR) is 110 cm³/mol. The van der Waals surface area contributed by atoms with E-state index in [1.54, 1.807) is 30.3 Å². The largest absolute Gasteiger partial charge is 0.348 e. The molecule has 3 aromatic rings. The van der Waals surface area contributed by atoms with E-state index in [0.29, 0.717) is 0 Å². The number of nitrogens with zero attached hydrogens (tertiary/aromatic N) is 2. The molecule has 26 heavy (non-hydrogen) atoms. The van der Waals surface area contributed by atoms with Gasteiger partial charge in [-0.15, -0.1) is 17.9 Å². The van der Waals surface area contributed by atoms with Crippen LogP contribution in [0, 0.1) is 6.92 Å². The van der Waals surface area contributed by atoms with E-state index >= 15 is 0 Å². The summed E-state index contributed by atoms with van der Waals surface area (Å²) in [7, 11) is 3.59. The highest BCUT2D eigenvalue weighted by Crippen LogP contribution is 2.43. The van der Waals surface area contributed by atoms with Gasteiger partial charge in [0.1, 0.15) is 10.9 Å². The van der Waals surface area contributed by atoms with Gasteiger partial charge in [0, 0.05) is 19.5 Å². The first kappa shape index (κ1) is 18.3. The maximum atomic E-state index is 13.2. The SMILES string of the molecule is C=C[C@@](C)(c1cccc(C)c1)[C@@H](C(=O)N(C)C)c1nc2ccccc2s1. The number of para-hydroxylation sites is 1. The molecular formula is C22H24N2OS. The number of amides is 1. The van der Waals surface area contributed by atoms with Crippen molar-refractivity contribution in [3.63, 3.8) is 0 Å². The van der Waals surface area contributed by atoms with Crippen molar-refractivity contribution in [1.29, 1.82) is 0 Å². The molecule has 0 saturated heterocycles. The fraction of sp³-hybridized carbons (Fsp3) is 0.273. The highest BCUT2D eigenvalue weighted by Gasteiger charge is 2.42. The standard InChI is InChI=1S/C22H24N2OS/c1-6-22(3,16-11-9-10-15(2)14-16)19(21(25)24(4)5)20-23-17-12-7-8-13-18(17)26-20/h6-14,19H,1H2,2-5H3/t19-,22+/m1/s1. The van der Waals surface area contributed by atoms with Crippen LogP contribution in [0.5, 0.6) is 0 Å². The van der Waals surface area contributed by atoms with Gasteiger partial charge in [-0.1, -0.05) is 55.0 Å². The van der Waals surface area contributed by atoms with Crippen molar-refractivity contribution < 1.29 is 4.79 Å². The minimum absolute atomic E-state index is 0.0352. The summed E-state index contributed by atoms with van der Waals surface area (Å²) in [5.74, 6) is -0.387. The molecule has 3 nitrogen and oxygen atoms in total. The number of allylic oxidation sites excluding steroid dienone is 1. The number of hydrogen-bond acceptors (Lipinski definition) is 3. The third-order valence-electron chi connectivity index (χ3n) is 4.91. The lowest BCUT2D eigenvalue weighted by molar-refractivity contribution is -0.131. The summed E-state index contributed by atoms with van der Waals surface area (Å²) in [5, 5.41) is 0.828. The van der Waals surface area contributed by atoms with Gasteiger partial charge in [-0.2, -0.15) is 0 Å². The van der Waals surface area contributed by atoms with Crippen LogP contribution in [0.3, 0.4) is 0 Å². The van der Waals surface area contributed by atoms with Crippen LogP contribution in [-0.4, -0.2) is 29.9 Å². The van der Waals surface area contributed by atoms with E-state index < -0.39 is 11.3 Å². The lowest BCUT2D eigenvalue weighted by atomic mass is 9.71. The smallest absolute Gasteiger partial charge is 0.233 e. The molecule has 0 N–H and O–H groups in total. The average molecular weight is 365 g/mol. The summed E-state index contributed by atoms with van der Waals surface area (Å²) in [5.41, 5.74) is 2.61. The van der Waals surface area contributed by atoms with Gasteiger partial charge in [-0.3, -0.25) is 4.79 Å². The van der Waals surface area contributed by atoms with Crippen molar-refractivity contribution in [1.82, 2.24) is 9.88 Å². The second kappa shape index (κ2) is 7.04. The highest BCUT2D eigenvalue weighted by molar-refractivity contribution is 7.18. The van der Waals surface area contributed by atoms with E-state index in [4.69, 9.17) is 4.98 Å². The number of aromatic nitrogens is 1. The van der Waals surface area contributed by atoms with E-state index in [1.807, 2.05) is 36.4 Å². The number of hydrogen-bond donors (Lipinski definition) is 0. The van der Waals surface area contributed by atoms with Crippen molar-refractivity contribution in [2.45, 2.75) is 25.2 Å². The van der Waals surface area contributed by atoms with Crippen LogP contribution in [0.1, 0.15) is 29.0 Å². The van der Waals surface area contributed by atoms with Crippen LogP contribution in [0.4, 0.5) is 0 Å². The van der Waals surface area contributed by atoms with E-state index in [1.165, 1.54) is 0 Å². The molecule has 2 aromatic carbocycles. The quantitative estimate of drug-likeness (QED) is 0.602. The van der Waals surface area contributed by atoms with Crippen molar-refractivity contribution in [2.24, 2.45) is 0 Å². The molecule has 0 bridgehead atoms. The predicted octanol–water partition coefficient (Wildman–Crippen LogP) is 4.92. The van der Waals surface area contributed by atoms with Crippen LogP contribution in [0.25, 0.3) is 10.2 Å². The summed E-state index contributed by atoms with van der Waals surface area (Å²) in [6.45, 7) is 8.23. The third-order valence-corrected chi connectivity index (χ3v) is 6.01. The second-order valence-corrected chi connectivity index (χ2v) is 8.10. The minimum Gasteiger partial charge on any atom is -0.348 e. The summed E-state index contributed by atoms with van der Waals surface area (Å²) in [6, 6.07) is 16.3. The lowest BCUT2D eigenvalue weighted by Gasteiger charge is -2.35. The summed E-state index contributed by atoms with van der Waals surface area (Å²) >= 11 is 1.59. The average Bonchev–Trinajstić information content (AvgIpc) is 3.04. The van der Waals surface area contributed by atoms with Gasteiger partial charge >= 0.3 is 0 Å². The zero-order chi connectivity index (χ0) is 18.9. The molecule has 0 saturated carbocycles. The number of benzene rings is 2. The fourth-order valence-corrected chi connectivity index (χ4v) is 4.47. The lowest BCUT2D eigenvalue weighted by Crippen LogP contribution is -2.40. The number of carbonyl (C=O) groups is 1. The van der Waals surface area contributed by atoms with Gasteiger partial charge in [-0.25, -0.2) is 4.98 Å². The maximum Gasteiger partial charge on any atom is 0.233 e. The third kappa shape index (κ3) is 3.17. The number of rotatable bonds is 5. The van der Waals surface area contributed by atoms with Crippen LogP contribution < -0.4 is 0 Å². The second-order valence-electron chi connectivity index (χ2n) is 7.04. The van der Waals surface area contributed by atoms with E-state index in [-0.39, 0.29) is 5.91 Å². The van der Waals surface area contributed by atoms with Gasteiger partial charge in [-0.05, 0) is 24.6 Å².